The Kier molecular flexibility index (Phi) is 4.68. The van der Waals surface area contributed by atoms with Gasteiger partial charge in [-0.3, -0.25) is 14.2 Å². The van der Waals surface area contributed by atoms with Crippen LogP contribution in [0.1, 0.15) is 6.92 Å². The lowest BCUT2D eigenvalue weighted by Crippen LogP contribution is -2.22. The molecule has 27 heavy (non-hydrogen) atoms. The number of para-hydroxylation sites is 2. The van der Waals surface area contributed by atoms with E-state index in [1.807, 2.05) is 54.6 Å². The number of hydrogen-bond donors (Lipinski definition) is 1. The molecule has 0 bridgehead atoms. The van der Waals surface area contributed by atoms with Crippen LogP contribution in [-0.4, -0.2) is 32.9 Å². The van der Waals surface area contributed by atoms with Crippen LogP contribution in [0.3, 0.4) is 0 Å². The fourth-order valence-electron chi connectivity index (χ4n) is 2.97. The maximum atomic E-state index is 13.3. The zero-order chi connectivity index (χ0) is 18.8. The van der Waals surface area contributed by atoms with Gasteiger partial charge in [0.05, 0.1) is 18.0 Å². The van der Waals surface area contributed by atoms with Gasteiger partial charge < -0.3 is 9.72 Å². The average molecular weight is 379 g/mol. The van der Waals surface area contributed by atoms with Gasteiger partial charge in [0.25, 0.3) is 5.56 Å². The standard InChI is InChI=1S/C20H17N3O3S/c1-2-26-16(24)12-27-20-22-17-14-10-6-7-11-15(14)21-18(17)19(25)23(20)13-8-4-3-5-9-13/h3-11,21H,2,12H2,1H3. The van der Waals surface area contributed by atoms with Crippen LogP contribution < -0.4 is 5.56 Å². The van der Waals surface area contributed by atoms with E-state index in [1.165, 1.54) is 16.3 Å². The largest absolute Gasteiger partial charge is 0.465 e. The van der Waals surface area contributed by atoms with Gasteiger partial charge in [0.2, 0.25) is 0 Å². The zero-order valence-electron chi connectivity index (χ0n) is 14.6. The number of fused-ring (bicyclic) bond motifs is 3. The van der Waals surface area contributed by atoms with Crippen LogP contribution in [0.5, 0.6) is 0 Å². The van der Waals surface area contributed by atoms with Crippen LogP contribution in [0.2, 0.25) is 0 Å². The Bertz CT molecular complexity index is 1180. The maximum absolute atomic E-state index is 13.3. The van der Waals surface area contributed by atoms with E-state index in [4.69, 9.17) is 9.72 Å². The van der Waals surface area contributed by atoms with Crippen LogP contribution >= 0.6 is 11.8 Å². The number of carbonyl (C=O) groups is 1. The highest BCUT2D eigenvalue weighted by molar-refractivity contribution is 7.99. The number of ether oxygens (including phenoxy) is 1. The minimum atomic E-state index is -0.338. The Hall–Kier alpha value is -3.06. The monoisotopic (exact) mass is 379 g/mol. The number of esters is 1. The quantitative estimate of drug-likeness (QED) is 0.326. The number of hydrogen-bond acceptors (Lipinski definition) is 5. The Balaban J connectivity index is 1.93. The van der Waals surface area contributed by atoms with Crippen LogP contribution in [0.15, 0.2) is 64.5 Å². The topological polar surface area (TPSA) is 77.0 Å². The highest BCUT2D eigenvalue weighted by Crippen LogP contribution is 2.26. The molecule has 4 rings (SSSR count). The van der Waals surface area contributed by atoms with Crippen molar-refractivity contribution in [2.24, 2.45) is 0 Å². The minimum Gasteiger partial charge on any atom is -0.465 e. The summed E-state index contributed by atoms with van der Waals surface area (Å²) in [4.78, 5) is 33.0. The number of carbonyl (C=O) groups excluding carboxylic acids is 1. The van der Waals surface area contributed by atoms with Crippen molar-refractivity contribution in [3.63, 3.8) is 0 Å². The van der Waals surface area contributed by atoms with Crippen LogP contribution in [-0.2, 0) is 9.53 Å². The van der Waals surface area contributed by atoms with Gasteiger partial charge in [-0.2, -0.15) is 0 Å². The fraction of sp³-hybridized carbons (Fsp3) is 0.150. The lowest BCUT2D eigenvalue weighted by atomic mass is 10.2. The molecule has 136 valence electrons. The summed E-state index contributed by atoms with van der Waals surface area (Å²) in [6, 6.07) is 16.9. The molecule has 0 spiro atoms. The SMILES string of the molecule is CCOC(=O)CSc1nc2c([nH]c3ccccc32)c(=O)n1-c1ccccc1. The molecule has 0 unspecified atom stereocenters. The van der Waals surface area contributed by atoms with Crippen LogP contribution in [0.4, 0.5) is 0 Å². The number of rotatable bonds is 5. The predicted octanol–water partition coefficient (Wildman–Crippen LogP) is 3.52. The molecule has 7 heteroatoms. The molecular weight excluding hydrogens is 362 g/mol. The van der Waals surface area contributed by atoms with Gasteiger partial charge in [-0.15, -0.1) is 0 Å². The van der Waals surface area contributed by atoms with Crippen LogP contribution in [0, 0.1) is 0 Å². The fourth-order valence-corrected chi connectivity index (χ4v) is 3.77. The molecule has 0 saturated heterocycles. The van der Waals surface area contributed by atoms with Crippen molar-refractivity contribution in [1.82, 2.24) is 14.5 Å². The lowest BCUT2D eigenvalue weighted by Gasteiger charge is -2.11. The van der Waals surface area contributed by atoms with E-state index in [0.717, 1.165) is 10.9 Å². The molecule has 0 saturated carbocycles. The summed E-state index contributed by atoms with van der Waals surface area (Å²) in [5.74, 6) is -0.253. The molecule has 4 aromatic rings. The van der Waals surface area contributed by atoms with Gasteiger partial charge >= 0.3 is 5.97 Å². The van der Waals surface area contributed by atoms with Crippen molar-refractivity contribution in [1.29, 1.82) is 0 Å². The second-order valence-corrected chi connectivity index (χ2v) is 6.80. The Labute approximate surface area is 159 Å². The van der Waals surface area contributed by atoms with Crippen molar-refractivity contribution >= 4 is 39.7 Å². The van der Waals surface area contributed by atoms with Gasteiger partial charge in [-0.25, -0.2) is 4.98 Å². The van der Waals surface area contributed by atoms with Crippen molar-refractivity contribution in [3.8, 4) is 5.69 Å². The molecule has 0 fully saturated rings. The van der Waals surface area contributed by atoms with Gasteiger partial charge in [-0.1, -0.05) is 48.2 Å². The van der Waals surface area contributed by atoms with Crippen LogP contribution in [0.25, 0.3) is 27.6 Å². The number of nitrogens with one attached hydrogen (secondary N) is 1. The third-order valence-electron chi connectivity index (χ3n) is 4.13. The molecule has 0 aliphatic rings. The van der Waals surface area contributed by atoms with E-state index in [2.05, 4.69) is 4.98 Å². The zero-order valence-corrected chi connectivity index (χ0v) is 15.5. The predicted molar refractivity (Wildman–Crippen MR) is 107 cm³/mol. The van der Waals surface area contributed by atoms with E-state index in [0.29, 0.717) is 28.5 Å². The number of thioether (sulfide) groups is 1. The van der Waals surface area contributed by atoms with E-state index in [1.54, 1.807) is 6.92 Å². The number of aromatic amines is 1. The Morgan fingerprint density at radius 3 is 2.67 bits per heavy atom. The van der Waals surface area contributed by atoms with Crippen molar-refractivity contribution in [2.75, 3.05) is 12.4 Å². The van der Waals surface area contributed by atoms with Crippen molar-refractivity contribution < 1.29 is 9.53 Å². The summed E-state index contributed by atoms with van der Waals surface area (Å²) in [5, 5.41) is 1.33. The molecule has 2 aromatic heterocycles. The number of benzene rings is 2. The smallest absolute Gasteiger partial charge is 0.316 e. The van der Waals surface area contributed by atoms with E-state index < -0.39 is 0 Å². The highest BCUT2D eigenvalue weighted by Gasteiger charge is 2.18. The molecule has 2 heterocycles. The molecule has 1 N–H and O–H groups in total. The van der Waals surface area contributed by atoms with Gasteiger partial charge in [0, 0.05) is 10.9 Å². The third-order valence-corrected chi connectivity index (χ3v) is 5.05. The first-order valence-corrected chi connectivity index (χ1v) is 9.55. The molecule has 0 amide bonds. The minimum absolute atomic E-state index is 0.0843. The second kappa shape index (κ2) is 7.28. The van der Waals surface area contributed by atoms with E-state index in [-0.39, 0.29) is 17.3 Å². The van der Waals surface area contributed by atoms with Crippen molar-refractivity contribution in [2.45, 2.75) is 12.1 Å². The van der Waals surface area contributed by atoms with Gasteiger partial charge in [0.15, 0.2) is 5.16 Å². The number of aromatic nitrogens is 3. The lowest BCUT2D eigenvalue weighted by molar-refractivity contribution is -0.139. The summed E-state index contributed by atoms with van der Waals surface area (Å²) in [7, 11) is 0. The van der Waals surface area contributed by atoms with E-state index in [9.17, 15) is 9.59 Å². The molecule has 2 aromatic carbocycles. The summed E-state index contributed by atoms with van der Waals surface area (Å²) in [6.45, 7) is 2.08. The Morgan fingerprint density at radius 2 is 1.89 bits per heavy atom. The average Bonchev–Trinajstić information content (AvgIpc) is 3.06. The molecule has 0 radical (unpaired) electrons. The molecular formula is C20H17N3O3S. The molecule has 6 nitrogen and oxygen atoms in total. The summed E-state index contributed by atoms with van der Waals surface area (Å²) in [6.07, 6.45) is 0. The third kappa shape index (κ3) is 3.21. The molecule has 0 atom stereocenters. The normalized spacial score (nSPS) is 11.1. The van der Waals surface area contributed by atoms with Gasteiger partial charge in [-0.05, 0) is 25.1 Å². The van der Waals surface area contributed by atoms with Gasteiger partial charge in [0.1, 0.15) is 11.0 Å². The highest BCUT2D eigenvalue weighted by atomic mass is 32.2. The Morgan fingerprint density at radius 1 is 1.15 bits per heavy atom. The molecule has 0 aliphatic carbocycles. The first kappa shape index (κ1) is 17.4. The maximum Gasteiger partial charge on any atom is 0.316 e. The summed E-state index contributed by atoms with van der Waals surface area (Å²) >= 11 is 1.19. The first-order valence-electron chi connectivity index (χ1n) is 8.56. The second-order valence-electron chi connectivity index (χ2n) is 5.86. The van der Waals surface area contributed by atoms with Crippen molar-refractivity contribution in [3.05, 3.63) is 65.0 Å². The summed E-state index contributed by atoms with van der Waals surface area (Å²) in [5.41, 5.74) is 2.40. The number of nitrogens with zero attached hydrogens (tertiary/aromatic N) is 2. The first-order chi connectivity index (χ1) is 13.2. The number of H-pyrrole nitrogens is 1. The summed E-state index contributed by atoms with van der Waals surface area (Å²) < 4.78 is 6.53. The van der Waals surface area contributed by atoms with E-state index >= 15 is 0 Å². The molecule has 0 aliphatic heterocycles.